The van der Waals surface area contributed by atoms with Gasteiger partial charge in [-0.3, -0.25) is 25.0 Å². The van der Waals surface area contributed by atoms with Crippen LogP contribution in [0.3, 0.4) is 0 Å². The van der Waals surface area contributed by atoms with E-state index in [1.54, 1.807) is 24.3 Å². The molecule has 1 aliphatic heterocycles. The second-order valence-electron chi connectivity index (χ2n) is 10.3. The molecule has 1 fully saturated rings. The van der Waals surface area contributed by atoms with Crippen molar-refractivity contribution in [1.82, 2.24) is 5.01 Å². The molecular formula is C32H26N4O6. The summed E-state index contributed by atoms with van der Waals surface area (Å²) in [5.41, 5.74) is 3.27. The van der Waals surface area contributed by atoms with Crippen molar-refractivity contribution < 1.29 is 19.4 Å². The van der Waals surface area contributed by atoms with Crippen LogP contribution >= 0.6 is 0 Å². The highest BCUT2D eigenvalue weighted by Crippen LogP contribution is 2.44. The van der Waals surface area contributed by atoms with E-state index in [9.17, 15) is 25.0 Å². The van der Waals surface area contributed by atoms with E-state index in [2.05, 4.69) is 0 Å². The molecule has 0 unspecified atom stereocenters. The normalized spacial score (nSPS) is 18.9. The Bertz CT molecular complexity index is 1750. The zero-order valence-corrected chi connectivity index (χ0v) is 22.5. The Hall–Kier alpha value is -5.38. The number of rotatable bonds is 7. The zero-order chi connectivity index (χ0) is 29.2. The topological polar surface area (TPSA) is 128 Å². The van der Waals surface area contributed by atoms with Gasteiger partial charge in [0.05, 0.1) is 21.6 Å². The Morgan fingerprint density at radius 1 is 0.905 bits per heavy atom. The standard InChI is InChI=1S/C32H26N4O6/c37-30(20-42-28-17-12-22-4-1-2-5-24(22)19-28)34-32(23-10-15-27(16-11-23)36(40)41)29-7-3-6-25(31(29)33-34)18-21-8-13-26(14-9-21)35(38)39/h1-2,4-5,8-19,29,32H,3,6-7,20H2/b25-18+/t29-,32+/m0/s1. The third-order valence-electron chi connectivity index (χ3n) is 7.73. The fourth-order valence-corrected chi connectivity index (χ4v) is 5.70. The van der Waals surface area contributed by atoms with E-state index in [-0.39, 0.29) is 29.8 Å². The Kier molecular flexibility index (Phi) is 7.18. The average Bonchev–Trinajstić information content (AvgIpc) is 3.41. The number of hydrazone groups is 1. The summed E-state index contributed by atoms with van der Waals surface area (Å²) < 4.78 is 5.91. The molecule has 10 nitrogen and oxygen atoms in total. The van der Waals surface area contributed by atoms with Crippen molar-refractivity contribution in [3.8, 4) is 5.75 Å². The van der Waals surface area contributed by atoms with Crippen molar-refractivity contribution >= 4 is 39.8 Å². The minimum atomic E-state index is -0.452. The van der Waals surface area contributed by atoms with Crippen molar-refractivity contribution in [2.24, 2.45) is 11.0 Å². The molecule has 210 valence electrons. The van der Waals surface area contributed by atoms with Gasteiger partial charge in [-0.25, -0.2) is 5.01 Å². The largest absolute Gasteiger partial charge is 0.484 e. The van der Waals surface area contributed by atoms with Crippen LogP contribution in [0, 0.1) is 26.1 Å². The Morgan fingerprint density at radius 3 is 2.26 bits per heavy atom. The van der Waals surface area contributed by atoms with Crippen LogP contribution in [0.15, 0.2) is 102 Å². The van der Waals surface area contributed by atoms with Crippen LogP contribution in [0.5, 0.6) is 5.75 Å². The maximum Gasteiger partial charge on any atom is 0.281 e. The van der Waals surface area contributed by atoms with Gasteiger partial charge in [0.1, 0.15) is 5.75 Å². The second kappa shape index (κ2) is 11.2. The maximum atomic E-state index is 13.7. The lowest BCUT2D eigenvalue weighted by atomic mass is 9.77. The molecule has 0 aromatic heterocycles. The zero-order valence-electron chi connectivity index (χ0n) is 22.5. The highest BCUT2D eigenvalue weighted by Gasteiger charge is 2.44. The van der Waals surface area contributed by atoms with E-state index >= 15 is 0 Å². The number of hydrogen-bond acceptors (Lipinski definition) is 7. The molecule has 2 atom stereocenters. The molecule has 6 rings (SSSR count). The fraction of sp³-hybridized carbons (Fsp3) is 0.188. The molecule has 10 heteroatoms. The quantitative estimate of drug-likeness (QED) is 0.179. The number of carbonyl (C=O) groups excluding carboxylic acids is 1. The molecule has 0 spiro atoms. The number of nitro groups is 2. The third kappa shape index (κ3) is 5.34. The minimum Gasteiger partial charge on any atom is -0.484 e. The van der Waals surface area contributed by atoms with Crippen LogP contribution in [-0.2, 0) is 4.79 Å². The third-order valence-corrected chi connectivity index (χ3v) is 7.73. The monoisotopic (exact) mass is 562 g/mol. The molecule has 0 saturated heterocycles. The van der Waals surface area contributed by atoms with Crippen molar-refractivity contribution in [3.63, 3.8) is 0 Å². The van der Waals surface area contributed by atoms with E-state index in [0.29, 0.717) is 5.75 Å². The number of nitrogens with zero attached hydrogens (tertiary/aromatic N) is 4. The number of non-ortho nitro benzene ring substituents is 2. The molecule has 4 aromatic rings. The van der Waals surface area contributed by atoms with E-state index in [1.165, 1.54) is 29.3 Å². The van der Waals surface area contributed by atoms with E-state index in [4.69, 9.17) is 9.84 Å². The molecule has 1 heterocycles. The molecule has 1 amide bonds. The van der Waals surface area contributed by atoms with Crippen molar-refractivity contribution in [2.45, 2.75) is 25.3 Å². The first-order chi connectivity index (χ1) is 20.4. The molecule has 0 radical (unpaired) electrons. The summed E-state index contributed by atoms with van der Waals surface area (Å²) in [6.45, 7) is -0.229. The molecule has 0 N–H and O–H groups in total. The SMILES string of the molecule is O=C(COc1ccc2ccccc2c1)N1N=C2/C(=C/c3ccc([N+](=O)[O-])cc3)CCC[C@@H]2[C@H]1c1ccc([N+](=O)[O-])cc1. The second-order valence-corrected chi connectivity index (χ2v) is 10.3. The molecule has 1 aliphatic carbocycles. The van der Waals surface area contributed by atoms with Crippen molar-refractivity contribution in [1.29, 1.82) is 0 Å². The average molecular weight is 563 g/mol. The predicted octanol–water partition coefficient (Wildman–Crippen LogP) is 6.86. The van der Waals surface area contributed by atoms with Gasteiger partial charge in [-0.1, -0.05) is 42.5 Å². The van der Waals surface area contributed by atoms with Crippen LogP contribution < -0.4 is 4.74 Å². The lowest BCUT2D eigenvalue weighted by Gasteiger charge is -2.29. The van der Waals surface area contributed by atoms with Gasteiger partial charge in [0, 0.05) is 30.2 Å². The molecule has 0 bridgehead atoms. The first-order valence-electron chi connectivity index (χ1n) is 13.6. The van der Waals surface area contributed by atoms with Crippen LogP contribution in [0.1, 0.15) is 36.4 Å². The first kappa shape index (κ1) is 26.8. The number of ether oxygens (including phenoxy) is 1. The molecule has 1 saturated carbocycles. The molecular weight excluding hydrogens is 536 g/mol. The van der Waals surface area contributed by atoms with E-state index < -0.39 is 15.9 Å². The highest BCUT2D eigenvalue weighted by molar-refractivity contribution is 6.08. The fourth-order valence-electron chi connectivity index (χ4n) is 5.70. The van der Waals surface area contributed by atoms with E-state index in [1.807, 2.05) is 48.5 Å². The lowest BCUT2D eigenvalue weighted by molar-refractivity contribution is -0.385. The summed E-state index contributed by atoms with van der Waals surface area (Å²) in [5, 5.41) is 30.7. The molecule has 2 aliphatic rings. The van der Waals surface area contributed by atoms with Gasteiger partial charge in [-0.2, -0.15) is 5.10 Å². The summed E-state index contributed by atoms with van der Waals surface area (Å²) in [5.74, 6) is 0.120. The van der Waals surface area contributed by atoms with Crippen LogP contribution in [0.2, 0.25) is 0 Å². The number of carbonyl (C=O) groups is 1. The van der Waals surface area contributed by atoms with Gasteiger partial charge in [0.15, 0.2) is 6.61 Å². The number of amides is 1. The number of allylic oxidation sites excluding steroid dienone is 1. The summed E-state index contributed by atoms with van der Waals surface area (Å²) in [4.78, 5) is 35.1. The summed E-state index contributed by atoms with van der Waals surface area (Å²) >= 11 is 0. The Labute approximate surface area is 240 Å². The lowest BCUT2D eigenvalue weighted by Crippen LogP contribution is -2.34. The molecule has 4 aromatic carbocycles. The van der Waals surface area contributed by atoms with Gasteiger partial charge in [0.25, 0.3) is 17.3 Å². The summed E-state index contributed by atoms with van der Waals surface area (Å²) in [6.07, 6.45) is 4.35. The predicted molar refractivity (Wildman–Crippen MR) is 158 cm³/mol. The summed E-state index contributed by atoms with van der Waals surface area (Å²) in [6, 6.07) is 25.6. The number of fused-ring (bicyclic) bond motifs is 2. The van der Waals surface area contributed by atoms with Gasteiger partial charge in [-0.15, -0.1) is 0 Å². The van der Waals surface area contributed by atoms with Crippen molar-refractivity contribution in [3.05, 3.63) is 128 Å². The number of benzene rings is 4. The molecule has 42 heavy (non-hydrogen) atoms. The van der Waals surface area contributed by atoms with Gasteiger partial charge >= 0.3 is 0 Å². The Morgan fingerprint density at radius 2 is 1.57 bits per heavy atom. The highest BCUT2D eigenvalue weighted by atomic mass is 16.6. The van der Waals surface area contributed by atoms with Gasteiger partial charge in [0.2, 0.25) is 0 Å². The van der Waals surface area contributed by atoms with E-state index in [0.717, 1.165) is 52.4 Å². The first-order valence-corrected chi connectivity index (χ1v) is 13.6. The van der Waals surface area contributed by atoms with Crippen molar-refractivity contribution in [2.75, 3.05) is 6.61 Å². The smallest absolute Gasteiger partial charge is 0.281 e. The summed E-state index contributed by atoms with van der Waals surface area (Å²) in [7, 11) is 0. The number of nitro benzene ring substituents is 2. The number of hydrogen-bond donors (Lipinski definition) is 0. The Balaban J connectivity index is 1.31. The van der Waals surface area contributed by atoms with Gasteiger partial charge in [-0.05, 0) is 77.1 Å². The minimum absolute atomic E-state index is 0.0123. The van der Waals surface area contributed by atoms with Crippen LogP contribution in [0.25, 0.3) is 16.8 Å². The van der Waals surface area contributed by atoms with Gasteiger partial charge < -0.3 is 4.74 Å². The maximum absolute atomic E-state index is 13.7. The van der Waals surface area contributed by atoms with Crippen LogP contribution in [0.4, 0.5) is 11.4 Å². The van der Waals surface area contributed by atoms with Crippen LogP contribution in [-0.4, -0.2) is 33.1 Å².